The van der Waals surface area contributed by atoms with Gasteiger partial charge in [-0.3, -0.25) is 5.32 Å². The molecule has 0 aliphatic heterocycles. The van der Waals surface area contributed by atoms with Gasteiger partial charge in [-0.2, -0.15) is 5.26 Å². The van der Waals surface area contributed by atoms with E-state index in [0.29, 0.717) is 13.0 Å². The van der Waals surface area contributed by atoms with E-state index >= 15 is 0 Å². The van der Waals surface area contributed by atoms with Crippen LogP contribution < -0.4 is 10.1 Å². The molecule has 98 valence electrons. The minimum Gasteiger partial charge on any atom is -0.488 e. The predicted octanol–water partition coefficient (Wildman–Crippen LogP) is 2.87. The predicted molar refractivity (Wildman–Crippen MR) is 68.8 cm³/mol. The number of nitriles is 1. The molecule has 0 heterocycles. The number of hydrogen-bond donors (Lipinski definition) is 1. The van der Waals surface area contributed by atoms with Crippen LogP contribution in [0.1, 0.15) is 27.2 Å². The lowest BCUT2D eigenvalue weighted by molar-refractivity contribution is 0.173. The fourth-order valence-corrected chi connectivity index (χ4v) is 1.92. The lowest BCUT2D eigenvalue weighted by Crippen LogP contribution is -2.44. The molecule has 3 nitrogen and oxygen atoms in total. The van der Waals surface area contributed by atoms with Gasteiger partial charge >= 0.3 is 0 Å². The molecule has 0 aliphatic rings. The molecular formula is C14H19FN2O. The van der Waals surface area contributed by atoms with Crippen LogP contribution in [0.15, 0.2) is 24.3 Å². The molecule has 0 aliphatic carbocycles. The van der Waals surface area contributed by atoms with E-state index in [2.05, 4.69) is 11.4 Å². The van der Waals surface area contributed by atoms with Crippen molar-refractivity contribution >= 4 is 0 Å². The lowest BCUT2D eigenvalue weighted by Gasteiger charge is -2.26. The minimum atomic E-state index is -0.653. The quantitative estimate of drug-likeness (QED) is 0.844. The Kier molecular flexibility index (Phi) is 5.11. The molecule has 1 aromatic carbocycles. The average Bonchev–Trinajstić information content (AvgIpc) is 2.32. The zero-order valence-electron chi connectivity index (χ0n) is 11.0. The fraction of sp³-hybridized carbons (Fsp3) is 0.500. The Morgan fingerprint density at radius 1 is 1.50 bits per heavy atom. The number of rotatable bonds is 6. The van der Waals surface area contributed by atoms with E-state index in [1.165, 1.54) is 6.07 Å². The minimum absolute atomic E-state index is 0.224. The Balaban J connectivity index is 2.64. The Hall–Kier alpha value is -1.60. The van der Waals surface area contributed by atoms with Gasteiger partial charge in [0.25, 0.3) is 0 Å². The average molecular weight is 250 g/mol. The van der Waals surface area contributed by atoms with Crippen LogP contribution in [0.3, 0.4) is 0 Å². The van der Waals surface area contributed by atoms with E-state index in [1.807, 2.05) is 20.8 Å². The highest BCUT2D eigenvalue weighted by atomic mass is 19.1. The van der Waals surface area contributed by atoms with Gasteiger partial charge in [0, 0.05) is 6.42 Å². The van der Waals surface area contributed by atoms with Gasteiger partial charge in [-0.1, -0.05) is 19.1 Å². The third kappa shape index (κ3) is 4.01. The lowest BCUT2D eigenvalue weighted by atomic mass is 9.96. The molecule has 0 saturated heterocycles. The Morgan fingerprint density at radius 3 is 2.72 bits per heavy atom. The van der Waals surface area contributed by atoms with Crippen molar-refractivity contribution in [1.82, 2.24) is 5.32 Å². The molecule has 0 amide bonds. The third-order valence-corrected chi connectivity index (χ3v) is 2.67. The van der Waals surface area contributed by atoms with E-state index in [1.54, 1.807) is 18.2 Å². The molecule has 18 heavy (non-hydrogen) atoms. The molecule has 0 saturated carbocycles. The van der Waals surface area contributed by atoms with E-state index < -0.39 is 5.54 Å². The molecule has 2 atom stereocenters. The molecule has 1 rings (SSSR count). The van der Waals surface area contributed by atoms with Gasteiger partial charge in [0.1, 0.15) is 5.54 Å². The second-order valence-electron chi connectivity index (χ2n) is 4.54. The number of nitrogens with one attached hydrogen (secondary N) is 1. The molecule has 0 bridgehead atoms. The number of halogens is 1. The Bertz CT molecular complexity index is 430. The Morgan fingerprint density at radius 2 is 2.17 bits per heavy atom. The first-order valence-electron chi connectivity index (χ1n) is 6.08. The van der Waals surface area contributed by atoms with Crippen LogP contribution in [0.2, 0.25) is 0 Å². The molecule has 2 unspecified atom stereocenters. The molecule has 1 aromatic rings. The summed E-state index contributed by atoms with van der Waals surface area (Å²) < 4.78 is 18.9. The maximum atomic E-state index is 13.4. The number of hydrogen-bond acceptors (Lipinski definition) is 3. The van der Waals surface area contributed by atoms with Crippen LogP contribution in [0.5, 0.6) is 5.75 Å². The van der Waals surface area contributed by atoms with Gasteiger partial charge in [0.15, 0.2) is 11.6 Å². The van der Waals surface area contributed by atoms with Gasteiger partial charge in [-0.25, -0.2) is 4.39 Å². The SMILES string of the molecule is CCNC(C)(C#N)CC(C)Oc1ccccc1F. The van der Waals surface area contributed by atoms with Crippen molar-refractivity contribution in [3.63, 3.8) is 0 Å². The molecule has 0 spiro atoms. The summed E-state index contributed by atoms with van der Waals surface area (Å²) in [5, 5.41) is 12.2. The topological polar surface area (TPSA) is 45.0 Å². The normalized spacial score (nSPS) is 15.5. The molecule has 0 radical (unpaired) electrons. The van der Waals surface area contributed by atoms with Crippen molar-refractivity contribution in [2.45, 2.75) is 38.8 Å². The van der Waals surface area contributed by atoms with Crippen LogP contribution in [0.4, 0.5) is 4.39 Å². The number of benzene rings is 1. The van der Waals surface area contributed by atoms with Gasteiger partial charge in [0.2, 0.25) is 0 Å². The highest BCUT2D eigenvalue weighted by Crippen LogP contribution is 2.20. The molecular weight excluding hydrogens is 231 g/mol. The summed E-state index contributed by atoms with van der Waals surface area (Å²) in [6.45, 7) is 6.30. The second-order valence-corrected chi connectivity index (χ2v) is 4.54. The van der Waals surface area contributed by atoms with Gasteiger partial charge in [-0.05, 0) is 32.5 Å². The first-order chi connectivity index (χ1) is 8.50. The summed E-state index contributed by atoms with van der Waals surface area (Å²) in [4.78, 5) is 0. The first-order valence-corrected chi connectivity index (χ1v) is 6.08. The van der Waals surface area contributed by atoms with Crippen LogP contribution in [-0.2, 0) is 0 Å². The second kappa shape index (κ2) is 6.36. The summed E-state index contributed by atoms with van der Waals surface area (Å²) in [6, 6.07) is 8.51. The standard InChI is InChI=1S/C14H19FN2O/c1-4-17-14(3,10-16)9-11(2)18-13-8-6-5-7-12(13)15/h5-8,11,17H,4,9H2,1-3H3. The highest BCUT2D eigenvalue weighted by molar-refractivity contribution is 5.24. The Labute approximate surface area is 108 Å². The molecule has 0 fully saturated rings. The van der Waals surface area contributed by atoms with Crippen molar-refractivity contribution in [2.75, 3.05) is 6.54 Å². The van der Waals surface area contributed by atoms with Crippen molar-refractivity contribution < 1.29 is 9.13 Å². The van der Waals surface area contributed by atoms with Crippen LogP contribution in [0, 0.1) is 17.1 Å². The van der Waals surface area contributed by atoms with Gasteiger partial charge in [0.05, 0.1) is 12.2 Å². The third-order valence-electron chi connectivity index (χ3n) is 2.67. The smallest absolute Gasteiger partial charge is 0.165 e. The zero-order valence-corrected chi connectivity index (χ0v) is 11.0. The van der Waals surface area contributed by atoms with Crippen molar-refractivity contribution in [1.29, 1.82) is 5.26 Å². The van der Waals surface area contributed by atoms with E-state index in [-0.39, 0.29) is 17.7 Å². The molecule has 1 N–H and O–H groups in total. The van der Waals surface area contributed by atoms with Crippen LogP contribution in [-0.4, -0.2) is 18.2 Å². The van der Waals surface area contributed by atoms with Gasteiger partial charge in [-0.15, -0.1) is 0 Å². The number of para-hydroxylation sites is 1. The molecule has 4 heteroatoms. The maximum absolute atomic E-state index is 13.4. The summed E-state index contributed by atoms with van der Waals surface area (Å²) in [6.07, 6.45) is 0.247. The van der Waals surface area contributed by atoms with Crippen molar-refractivity contribution in [3.05, 3.63) is 30.1 Å². The summed E-state index contributed by atoms with van der Waals surface area (Å²) in [5.41, 5.74) is -0.653. The zero-order chi connectivity index (χ0) is 13.6. The van der Waals surface area contributed by atoms with E-state index in [4.69, 9.17) is 10.00 Å². The van der Waals surface area contributed by atoms with Crippen LogP contribution in [0.25, 0.3) is 0 Å². The monoisotopic (exact) mass is 250 g/mol. The van der Waals surface area contributed by atoms with Crippen LogP contribution >= 0.6 is 0 Å². The summed E-state index contributed by atoms with van der Waals surface area (Å²) >= 11 is 0. The largest absolute Gasteiger partial charge is 0.488 e. The first kappa shape index (κ1) is 14.5. The van der Waals surface area contributed by atoms with Crippen molar-refractivity contribution in [2.24, 2.45) is 0 Å². The maximum Gasteiger partial charge on any atom is 0.165 e. The fourth-order valence-electron chi connectivity index (χ4n) is 1.92. The summed E-state index contributed by atoms with van der Waals surface area (Å²) in [5.74, 6) is -0.159. The van der Waals surface area contributed by atoms with E-state index in [0.717, 1.165) is 0 Å². The van der Waals surface area contributed by atoms with Crippen molar-refractivity contribution in [3.8, 4) is 11.8 Å². The summed E-state index contributed by atoms with van der Waals surface area (Å²) in [7, 11) is 0. The van der Waals surface area contributed by atoms with E-state index in [9.17, 15) is 4.39 Å². The van der Waals surface area contributed by atoms with Gasteiger partial charge < -0.3 is 4.74 Å². The molecule has 0 aromatic heterocycles. The number of nitrogens with zero attached hydrogens (tertiary/aromatic N) is 1. The number of ether oxygens (including phenoxy) is 1. The highest BCUT2D eigenvalue weighted by Gasteiger charge is 2.26.